The van der Waals surface area contributed by atoms with Crippen molar-refractivity contribution in [2.45, 2.75) is 25.6 Å². The van der Waals surface area contributed by atoms with E-state index in [4.69, 9.17) is 0 Å². The van der Waals surface area contributed by atoms with Crippen LogP contribution in [0.5, 0.6) is 0 Å². The zero-order valence-corrected chi connectivity index (χ0v) is 11.1. The van der Waals surface area contributed by atoms with E-state index in [1.807, 2.05) is 0 Å². The number of hydrogen-bond donors (Lipinski definition) is 0. The molecule has 0 aliphatic heterocycles. The SMILES string of the molecule is CCC(N(C)C(C)=O)S(=O)(=O)[O-].[Na+]. The molecular weight excluding hydrogens is 205 g/mol. The molecule has 0 rings (SSSR count). The molecule has 0 aromatic rings. The Balaban J connectivity index is 0. The van der Waals surface area contributed by atoms with Crippen LogP contribution in [0.4, 0.5) is 0 Å². The molecule has 1 atom stereocenters. The van der Waals surface area contributed by atoms with Gasteiger partial charge in [0.15, 0.2) is 0 Å². The van der Waals surface area contributed by atoms with Crippen LogP contribution in [0.15, 0.2) is 0 Å². The largest absolute Gasteiger partial charge is 1.00 e. The summed E-state index contributed by atoms with van der Waals surface area (Å²) in [7, 11) is -3.11. The molecule has 1 amide bonds. The molecular formula is C6H12NNaO4S. The van der Waals surface area contributed by atoms with Crippen molar-refractivity contribution in [2.24, 2.45) is 0 Å². The number of rotatable bonds is 3. The molecule has 0 aliphatic rings. The molecule has 0 aromatic carbocycles. The van der Waals surface area contributed by atoms with Gasteiger partial charge in [-0.05, 0) is 6.42 Å². The van der Waals surface area contributed by atoms with Crippen LogP contribution in [0.25, 0.3) is 0 Å². The first-order chi connectivity index (χ1) is 5.30. The van der Waals surface area contributed by atoms with Gasteiger partial charge in [-0.25, -0.2) is 8.42 Å². The van der Waals surface area contributed by atoms with Crippen molar-refractivity contribution >= 4 is 16.0 Å². The van der Waals surface area contributed by atoms with Gasteiger partial charge in [0.1, 0.15) is 15.5 Å². The van der Waals surface area contributed by atoms with Crippen molar-refractivity contribution in [1.82, 2.24) is 4.90 Å². The molecule has 0 bridgehead atoms. The van der Waals surface area contributed by atoms with E-state index in [9.17, 15) is 17.8 Å². The summed E-state index contributed by atoms with van der Waals surface area (Å²) in [6, 6.07) is 0. The summed E-state index contributed by atoms with van der Waals surface area (Å²) in [6.07, 6.45) is 0.113. The molecule has 0 fully saturated rings. The Hall–Kier alpha value is 0.380. The van der Waals surface area contributed by atoms with Gasteiger partial charge in [0, 0.05) is 14.0 Å². The van der Waals surface area contributed by atoms with Crippen molar-refractivity contribution in [3.8, 4) is 0 Å². The second-order valence-corrected chi connectivity index (χ2v) is 4.02. The second-order valence-electron chi connectivity index (χ2n) is 2.49. The molecule has 0 N–H and O–H groups in total. The average molecular weight is 217 g/mol. The van der Waals surface area contributed by atoms with E-state index < -0.39 is 21.4 Å². The monoisotopic (exact) mass is 217 g/mol. The fourth-order valence-corrected chi connectivity index (χ4v) is 1.82. The molecule has 5 nitrogen and oxygen atoms in total. The predicted molar refractivity (Wildman–Crippen MR) is 42.2 cm³/mol. The molecule has 0 aliphatic carbocycles. The van der Waals surface area contributed by atoms with Gasteiger partial charge in [-0.2, -0.15) is 0 Å². The first-order valence-corrected chi connectivity index (χ1v) is 4.96. The average Bonchev–Trinajstić information content (AvgIpc) is 1.85. The summed E-state index contributed by atoms with van der Waals surface area (Å²) < 4.78 is 31.7. The Labute approximate surface area is 101 Å². The molecule has 0 aromatic heterocycles. The molecule has 0 heterocycles. The van der Waals surface area contributed by atoms with E-state index in [-0.39, 0.29) is 36.0 Å². The quantitative estimate of drug-likeness (QED) is 0.367. The maximum absolute atomic E-state index is 10.7. The van der Waals surface area contributed by atoms with Crippen molar-refractivity contribution in [2.75, 3.05) is 7.05 Å². The van der Waals surface area contributed by atoms with E-state index in [0.29, 0.717) is 0 Å². The van der Waals surface area contributed by atoms with Crippen LogP contribution in [-0.2, 0) is 14.9 Å². The maximum atomic E-state index is 10.7. The second kappa shape index (κ2) is 5.98. The summed E-state index contributed by atoms with van der Waals surface area (Å²) in [5.41, 5.74) is 0. The zero-order chi connectivity index (χ0) is 9.94. The number of hydrogen-bond acceptors (Lipinski definition) is 4. The molecule has 1 unspecified atom stereocenters. The fraction of sp³-hybridized carbons (Fsp3) is 0.833. The van der Waals surface area contributed by atoms with Crippen LogP contribution in [0.1, 0.15) is 20.3 Å². The van der Waals surface area contributed by atoms with Crippen molar-refractivity contribution in [3.63, 3.8) is 0 Å². The number of carbonyl (C=O) groups is 1. The van der Waals surface area contributed by atoms with Gasteiger partial charge >= 0.3 is 29.6 Å². The topological polar surface area (TPSA) is 77.5 Å². The number of carbonyl (C=O) groups excluding carboxylic acids is 1. The predicted octanol–water partition coefficient (Wildman–Crippen LogP) is -3.25. The molecule has 7 heteroatoms. The molecule has 0 saturated heterocycles. The molecule has 13 heavy (non-hydrogen) atoms. The van der Waals surface area contributed by atoms with E-state index in [2.05, 4.69) is 0 Å². The molecule has 0 radical (unpaired) electrons. The smallest absolute Gasteiger partial charge is 0.746 e. The Morgan fingerprint density at radius 3 is 2.00 bits per heavy atom. The minimum Gasteiger partial charge on any atom is -0.746 e. The maximum Gasteiger partial charge on any atom is 1.00 e. The van der Waals surface area contributed by atoms with Gasteiger partial charge in [0.25, 0.3) is 0 Å². The van der Waals surface area contributed by atoms with E-state index in [0.717, 1.165) is 4.90 Å². The first kappa shape index (κ1) is 15.8. The Bertz CT molecular complexity index is 264. The Morgan fingerprint density at radius 1 is 1.54 bits per heavy atom. The minimum atomic E-state index is -4.40. The number of amides is 1. The standard InChI is InChI=1S/C6H13NO4S.Na/c1-4-6(12(9,10)11)7(3)5(2)8;/h6H,4H2,1-3H3,(H,9,10,11);/q;+1/p-1. The van der Waals surface area contributed by atoms with Crippen LogP contribution in [0, 0.1) is 0 Å². The van der Waals surface area contributed by atoms with Crippen LogP contribution < -0.4 is 29.6 Å². The molecule has 0 saturated carbocycles. The summed E-state index contributed by atoms with van der Waals surface area (Å²) in [5.74, 6) is -0.429. The van der Waals surface area contributed by atoms with E-state index in [1.165, 1.54) is 14.0 Å². The third-order valence-corrected chi connectivity index (χ3v) is 2.93. The van der Waals surface area contributed by atoms with Crippen molar-refractivity contribution in [1.29, 1.82) is 0 Å². The van der Waals surface area contributed by atoms with Gasteiger partial charge in [0.05, 0.1) is 0 Å². The summed E-state index contributed by atoms with van der Waals surface area (Å²) in [5, 5.41) is -1.24. The van der Waals surface area contributed by atoms with Crippen LogP contribution in [-0.4, -0.2) is 36.2 Å². The van der Waals surface area contributed by atoms with Crippen LogP contribution in [0.2, 0.25) is 0 Å². The van der Waals surface area contributed by atoms with Gasteiger partial charge in [-0.3, -0.25) is 4.79 Å². The third kappa shape index (κ3) is 4.97. The van der Waals surface area contributed by atoms with Crippen molar-refractivity contribution < 1.29 is 47.3 Å². The van der Waals surface area contributed by atoms with Gasteiger partial charge in [-0.15, -0.1) is 0 Å². The van der Waals surface area contributed by atoms with Gasteiger partial charge < -0.3 is 9.45 Å². The fourth-order valence-electron chi connectivity index (χ4n) is 0.874. The van der Waals surface area contributed by atoms with Gasteiger partial charge in [-0.1, -0.05) is 6.92 Å². The van der Waals surface area contributed by atoms with Crippen LogP contribution >= 0.6 is 0 Å². The molecule has 72 valence electrons. The Morgan fingerprint density at radius 2 is 1.92 bits per heavy atom. The Kier molecular flexibility index (Phi) is 7.28. The summed E-state index contributed by atoms with van der Waals surface area (Å²) in [4.78, 5) is 11.6. The van der Waals surface area contributed by atoms with Gasteiger partial charge in [0.2, 0.25) is 5.91 Å². The number of nitrogens with zero attached hydrogens (tertiary/aromatic N) is 1. The van der Waals surface area contributed by atoms with Crippen LogP contribution in [0.3, 0.4) is 0 Å². The molecule has 0 spiro atoms. The zero-order valence-electron chi connectivity index (χ0n) is 8.27. The van der Waals surface area contributed by atoms with E-state index in [1.54, 1.807) is 6.92 Å². The van der Waals surface area contributed by atoms with E-state index >= 15 is 0 Å². The summed E-state index contributed by atoms with van der Waals surface area (Å²) in [6.45, 7) is 2.76. The summed E-state index contributed by atoms with van der Waals surface area (Å²) >= 11 is 0. The first-order valence-electron chi connectivity index (χ1n) is 3.48. The van der Waals surface area contributed by atoms with Crippen molar-refractivity contribution in [3.05, 3.63) is 0 Å². The third-order valence-electron chi connectivity index (χ3n) is 1.61. The normalized spacial score (nSPS) is 12.9. The minimum absolute atomic E-state index is 0.